The molecule has 1 N–H and O–H groups in total. The number of anilines is 1. The number of nitrogens with one attached hydrogen (secondary N) is 1. The lowest BCUT2D eigenvalue weighted by Gasteiger charge is -2.16. The van der Waals surface area contributed by atoms with Gasteiger partial charge in [0.15, 0.2) is 17.6 Å². The van der Waals surface area contributed by atoms with Crippen LogP contribution in [0.25, 0.3) is 0 Å². The molecule has 0 heterocycles. The van der Waals surface area contributed by atoms with Gasteiger partial charge in [-0.2, -0.15) is 0 Å². The minimum atomic E-state index is -1.00. The number of carbonyl (C=O) groups is 2. The van der Waals surface area contributed by atoms with Gasteiger partial charge in [0.25, 0.3) is 5.91 Å². The van der Waals surface area contributed by atoms with Crippen molar-refractivity contribution >= 4 is 17.6 Å². The first-order valence-electron chi connectivity index (χ1n) is 9.54. The summed E-state index contributed by atoms with van der Waals surface area (Å²) >= 11 is 0. The van der Waals surface area contributed by atoms with Gasteiger partial charge >= 0.3 is 5.97 Å². The molecule has 0 spiro atoms. The van der Waals surface area contributed by atoms with E-state index >= 15 is 0 Å². The second-order valence-electron chi connectivity index (χ2n) is 6.18. The van der Waals surface area contributed by atoms with Crippen molar-refractivity contribution in [2.45, 2.75) is 33.3 Å². The maximum Gasteiger partial charge on any atom is 0.339 e. The van der Waals surface area contributed by atoms with Crippen LogP contribution in [0.3, 0.4) is 0 Å². The van der Waals surface area contributed by atoms with Crippen LogP contribution >= 0.6 is 0 Å². The molecule has 1 amide bonds. The minimum absolute atomic E-state index is 0.272. The number of ether oxygens (including phenoxy) is 4. The quantitative estimate of drug-likeness (QED) is 0.605. The number of esters is 1. The zero-order valence-corrected chi connectivity index (χ0v) is 17.2. The average molecular weight is 401 g/mol. The number of amides is 1. The summed E-state index contributed by atoms with van der Waals surface area (Å²) in [6, 6.07) is 11.8. The van der Waals surface area contributed by atoms with E-state index in [9.17, 15) is 9.59 Å². The zero-order chi connectivity index (χ0) is 21.2. The summed E-state index contributed by atoms with van der Waals surface area (Å²) in [4.78, 5) is 24.9. The Morgan fingerprint density at radius 2 is 1.76 bits per heavy atom. The van der Waals surface area contributed by atoms with Crippen LogP contribution in [0.5, 0.6) is 17.2 Å². The fourth-order valence-electron chi connectivity index (χ4n) is 2.50. The molecule has 7 heteroatoms. The number of methoxy groups -OCH3 is 1. The molecule has 0 fully saturated rings. The third kappa shape index (κ3) is 6.14. The summed E-state index contributed by atoms with van der Waals surface area (Å²) in [5, 5.41) is 2.70. The maximum absolute atomic E-state index is 12.5. The van der Waals surface area contributed by atoms with E-state index < -0.39 is 18.0 Å². The van der Waals surface area contributed by atoms with E-state index in [1.807, 2.05) is 13.8 Å². The average Bonchev–Trinajstić information content (AvgIpc) is 2.73. The highest BCUT2D eigenvalue weighted by atomic mass is 16.5. The van der Waals surface area contributed by atoms with E-state index in [4.69, 9.17) is 18.9 Å². The summed E-state index contributed by atoms with van der Waals surface area (Å²) in [7, 11) is 1.51. The van der Waals surface area contributed by atoms with Crippen LogP contribution in [0.2, 0.25) is 0 Å². The predicted molar refractivity (Wildman–Crippen MR) is 110 cm³/mol. The third-order valence-electron chi connectivity index (χ3n) is 3.96. The largest absolute Gasteiger partial charge is 0.495 e. The fourth-order valence-corrected chi connectivity index (χ4v) is 2.50. The monoisotopic (exact) mass is 401 g/mol. The zero-order valence-electron chi connectivity index (χ0n) is 17.2. The van der Waals surface area contributed by atoms with Crippen LogP contribution in [-0.4, -0.2) is 38.3 Å². The molecule has 0 aromatic heterocycles. The molecule has 7 nitrogen and oxygen atoms in total. The lowest BCUT2D eigenvalue weighted by atomic mass is 10.2. The summed E-state index contributed by atoms with van der Waals surface area (Å²) in [6.45, 7) is 6.33. The Hall–Kier alpha value is -3.22. The Balaban J connectivity index is 2.06. The van der Waals surface area contributed by atoms with E-state index in [0.717, 1.165) is 6.42 Å². The van der Waals surface area contributed by atoms with E-state index in [1.165, 1.54) is 14.0 Å². The maximum atomic E-state index is 12.5. The van der Waals surface area contributed by atoms with Gasteiger partial charge in [-0.25, -0.2) is 4.79 Å². The predicted octanol–water partition coefficient (Wildman–Crippen LogP) is 4.07. The van der Waals surface area contributed by atoms with Crippen LogP contribution < -0.4 is 19.5 Å². The van der Waals surface area contributed by atoms with E-state index in [1.54, 1.807) is 42.5 Å². The molecule has 0 saturated heterocycles. The van der Waals surface area contributed by atoms with Gasteiger partial charge in [0.05, 0.1) is 31.6 Å². The molecule has 2 aromatic carbocycles. The van der Waals surface area contributed by atoms with Crippen LogP contribution in [0.1, 0.15) is 37.6 Å². The van der Waals surface area contributed by atoms with Crippen molar-refractivity contribution in [3.63, 3.8) is 0 Å². The number of benzene rings is 2. The highest BCUT2D eigenvalue weighted by Gasteiger charge is 2.21. The van der Waals surface area contributed by atoms with Gasteiger partial charge in [-0.15, -0.1) is 0 Å². The molecule has 0 unspecified atom stereocenters. The lowest BCUT2D eigenvalue weighted by Crippen LogP contribution is -2.30. The molecule has 0 aliphatic heterocycles. The molecule has 0 aliphatic rings. The van der Waals surface area contributed by atoms with Crippen molar-refractivity contribution in [1.82, 2.24) is 0 Å². The van der Waals surface area contributed by atoms with Crippen LogP contribution in [-0.2, 0) is 9.53 Å². The number of hydrogen-bond acceptors (Lipinski definition) is 6. The molecule has 0 saturated carbocycles. The topological polar surface area (TPSA) is 83.1 Å². The normalized spacial score (nSPS) is 11.3. The second kappa shape index (κ2) is 10.9. The number of para-hydroxylation sites is 2. The minimum Gasteiger partial charge on any atom is -0.495 e. The molecule has 156 valence electrons. The Kier molecular flexibility index (Phi) is 8.33. The van der Waals surface area contributed by atoms with Gasteiger partial charge in [0.2, 0.25) is 0 Å². The van der Waals surface area contributed by atoms with Crippen molar-refractivity contribution in [3.8, 4) is 17.2 Å². The van der Waals surface area contributed by atoms with Crippen molar-refractivity contribution < 1.29 is 28.5 Å². The lowest BCUT2D eigenvalue weighted by molar-refractivity contribution is -0.123. The van der Waals surface area contributed by atoms with Crippen molar-refractivity contribution in [2.75, 3.05) is 25.6 Å². The van der Waals surface area contributed by atoms with Gasteiger partial charge in [0, 0.05) is 0 Å². The van der Waals surface area contributed by atoms with Crippen LogP contribution in [0, 0.1) is 0 Å². The van der Waals surface area contributed by atoms with Crippen molar-refractivity contribution in [1.29, 1.82) is 0 Å². The summed E-state index contributed by atoms with van der Waals surface area (Å²) < 4.78 is 21.7. The van der Waals surface area contributed by atoms with Gasteiger partial charge in [0.1, 0.15) is 5.75 Å². The van der Waals surface area contributed by atoms with Gasteiger partial charge in [-0.1, -0.05) is 19.1 Å². The smallest absolute Gasteiger partial charge is 0.339 e. The molecule has 1 atom stereocenters. The molecular weight excluding hydrogens is 374 g/mol. The first-order chi connectivity index (χ1) is 14.0. The fraction of sp³-hybridized carbons (Fsp3) is 0.364. The van der Waals surface area contributed by atoms with Gasteiger partial charge in [-0.05, 0) is 50.6 Å². The third-order valence-corrected chi connectivity index (χ3v) is 3.96. The first kappa shape index (κ1) is 22.1. The van der Waals surface area contributed by atoms with Crippen LogP contribution in [0.15, 0.2) is 42.5 Å². The Morgan fingerprint density at radius 1 is 1.00 bits per heavy atom. The molecular formula is C22H27NO6. The molecule has 2 rings (SSSR count). The van der Waals surface area contributed by atoms with Gasteiger partial charge < -0.3 is 24.3 Å². The summed E-state index contributed by atoms with van der Waals surface area (Å²) in [5.41, 5.74) is 0.771. The number of carbonyl (C=O) groups excluding carboxylic acids is 2. The molecule has 0 radical (unpaired) electrons. The summed E-state index contributed by atoms with van der Waals surface area (Å²) in [6.07, 6.45) is -0.146. The SMILES string of the molecule is CCCOc1ccc(C(=O)O[C@H](C)C(=O)Nc2ccccc2OC)cc1OCC. The highest BCUT2D eigenvalue weighted by molar-refractivity contribution is 5.98. The Bertz CT molecular complexity index is 836. The van der Waals surface area contributed by atoms with Crippen LogP contribution in [0.4, 0.5) is 5.69 Å². The Labute approximate surface area is 170 Å². The molecule has 0 bridgehead atoms. The number of rotatable bonds is 10. The van der Waals surface area contributed by atoms with E-state index in [-0.39, 0.29) is 5.56 Å². The molecule has 0 aliphatic carbocycles. The number of hydrogen-bond donors (Lipinski definition) is 1. The standard InChI is InChI=1S/C22H27NO6/c1-5-13-28-19-12-11-16(14-20(19)27-6-2)22(25)29-15(3)21(24)23-17-9-7-8-10-18(17)26-4/h7-12,14-15H,5-6,13H2,1-4H3,(H,23,24)/t15-/m1/s1. The summed E-state index contributed by atoms with van der Waals surface area (Å²) in [5.74, 6) is 0.448. The molecule has 2 aromatic rings. The van der Waals surface area contributed by atoms with Gasteiger partial charge in [-0.3, -0.25) is 4.79 Å². The van der Waals surface area contributed by atoms with Crippen molar-refractivity contribution in [2.24, 2.45) is 0 Å². The first-order valence-corrected chi connectivity index (χ1v) is 9.54. The van der Waals surface area contributed by atoms with E-state index in [2.05, 4.69) is 5.32 Å². The highest BCUT2D eigenvalue weighted by Crippen LogP contribution is 2.29. The second-order valence-corrected chi connectivity index (χ2v) is 6.18. The van der Waals surface area contributed by atoms with E-state index in [0.29, 0.717) is 36.1 Å². The Morgan fingerprint density at radius 3 is 2.45 bits per heavy atom. The van der Waals surface area contributed by atoms with Crippen molar-refractivity contribution in [3.05, 3.63) is 48.0 Å². The molecule has 29 heavy (non-hydrogen) atoms.